The van der Waals surface area contributed by atoms with E-state index in [1.54, 1.807) is 0 Å². The van der Waals surface area contributed by atoms with E-state index in [0.717, 1.165) is 11.2 Å². The molecule has 88 valence electrons. The first-order valence-corrected chi connectivity index (χ1v) is 5.37. The zero-order valence-corrected chi connectivity index (χ0v) is 9.32. The SMILES string of the molecule is O=C(O)c1cc(-c2ccc3ccccn23)ncn1. The summed E-state index contributed by atoms with van der Waals surface area (Å²) in [6, 6.07) is 11.2. The van der Waals surface area contributed by atoms with Crippen molar-refractivity contribution in [2.24, 2.45) is 0 Å². The summed E-state index contributed by atoms with van der Waals surface area (Å²) in [5.41, 5.74) is 2.46. The Hall–Kier alpha value is -2.69. The predicted octanol–water partition coefficient (Wildman–Crippen LogP) is 2.09. The number of nitrogens with zero attached hydrogens (tertiary/aromatic N) is 3. The number of aromatic carboxylic acids is 1. The van der Waals surface area contributed by atoms with Crippen molar-refractivity contribution in [2.45, 2.75) is 0 Å². The van der Waals surface area contributed by atoms with Gasteiger partial charge in [-0.15, -0.1) is 0 Å². The molecule has 0 unspecified atom stereocenters. The highest BCUT2D eigenvalue weighted by Crippen LogP contribution is 2.20. The molecule has 18 heavy (non-hydrogen) atoms. The first kappa shape index (κ1) is 10.5. The number of pyridine rings is 1. The molecule has 3 aromatic heterocycles. The van der Waals surface area contributed by atoms with Gasteiger partial charge in [0.25, 0.3) is 0 Å². The third-order valence-corrected chi connectivity index (χ3v) is 2.71. The number of hydrogen-bond donors (Lipinski definition) is 1. The van der Waals surface area contributed by atoms with Crippen LogP contribution in [0.1, 0.15) is 10.5 Å². The molecule has 5 nitrogen and oxygen atoms in total. The van der Waals surface area contributed by atoms with Gasteiger partial charge in [-0.25, -0.2) is 14.8 Å². The van der Waals surface area contributed by atoms with Crippen LogP contribution < -0.4 is 0 Å². The van der Waals surface area contributed by atoms with Crippen molar-refractivity contribution in [3.8, 4) is 11.4 Å². The van der Waals surface area contributed by atoms with E-state index in [4.69, 9.17) is 5.11 Å². The van der Waals surface area contributed by atoms with Crippen LogP contribution in [0.15, 0.2) is 48.9 Å². The molecule has 3 heterocycles. The molecule has 0 atom stereocenters. The standard InChI is InChI=1S/C13H9N3O2/c17-13(18)11-7-10(14-8-15-11)12-5-4-9-3-1-2-6-16(9)12/h1-8H,(H,17,18). The highest BCUT2D eigenvalue weighted by Gasteiger charge is 2.10. The second-order valence-corrected chi connectivity index (χ2v) is 3.81. The molecule has 0 radical (unpaired) electrons. The van der Waals surface area contributed by atoms with E-state index in [2.05, 4.69) is 9.97 Å². The lowest BCUT2D eigenvalue weighted by Gasteiger charge is -2.02. The fraction of sp³-hybridized carbons (Fsp3) is 0. The Kier molecular flexibility index (Phi) is 2.30. The fourth-order valence-corrected chi connectivity index (χ4v) is 1.88. The van der Waals surface area contributed by atoms with Gasteiger partial charge in [-0.1, -0.05) is 6.07 Å². The molecular formula is C13H9N3O2. The number of fused-ring (bicyclic) bond motifs is 1. The lowest BCUT2D eigenvalue weighted by molar-refractivity contribution is 0.0690. The van der Waals surface area contributed by atoms with Crippen LogP contribution in [0.25, 0.3) is 16.9 Å². The van der Waals surface area contributed by atoms with E-state index in [-0.39, 0.29) is 5.69 Å². The van der Waals surface area contributed by atoms with E-state index in [0.29, 0.717) is 5.69 Å². The van der Waals surface area contributed by atoms with Crippen LogP contribution in [0, 0.1) is 0 Å². The molecule has 3 aromatic rings. The molecule has 0 saturated heterocycles. The van der Waals surface area contributed by atoms with Crippen LogP contribution in [0.5, 0.6) is 0 Å². The van der Waals surface area contributed by atoms with E-state index in [1.165, 1.54) is 12.4 Å². The Labute approximate surface area is 102 Å². The van der Waals surface area contributed by atoms with Gasteiger partial charge >= 0.3 is 5.97 Å². The van der Waals surface area contributed by atoms with E-state index in [9.17, 15) is 4.79 Å². The van der Waals surface area contributed by atoms with Gasteiger partial charge in [0.05, 0.1) is 11.4 Å². The average molecular weight is 239 g/mol. The molecule has 5 heteroatoms. The predicted molar refractivity (Wildman–Crippen MR) is 65.4 cm³/mol. The highest BCUT2D eigenvalue weighted by molar-refractivity contribution is 5.86. The van der Waals surface area contributed by atoms with Gasteiger partial charge in [-0.3, -0.25) is 0 Å². The summed E-state index contributed by atoms with van der Waals surface area (Å²) in [5, 5.41) is 8.92. The van der Waals surface area contributed by atoms with Crippen LogP contribution in [0.3, 0.4) is 0 Å². The molecule has 0 amide bonds. The summed E-state index contributed by atoms with van der Waals surface area (Å²) < 4.78 is 1.95. The van der Waals surface area contributed by atoms with Gasteiger partial charge in [0.2, 0.25) is 0 Å². The van der Waals surface area contributed by atoms with E-state index in [1.807, 2.05) is 40.9 Å². The maximum absolute atomic E-state index is 10.9. The quantitative estimate of drug-likeness (QED) is 0.743. The van der Waals surface area contributed by atoms with E-state index >= 15 is 0 Å². The lowest BCUT2D eigenvalue weighted by Crippen LogP contribution is -2.01. The maximum Gasteiger partial charge on any atom is 0.354 e. The number of carboxylic acids is 1. The number of hydrogen-bond acceptors (Lipinski definition) is 3. The molecule has 0 saturated carbocycles. The van der Waals surface area contributed by atoms with Gasteiger partial charge < -0.3 is 9.51 Å². The first-order valence-electron chi connectivity index (χ1n) is 5.37. The summed E-state index contributed by atoms with van der Waals surface area (Å²) in [6.07, 6.45) is 3.17. The van der Waals surface area contributed by atoms with Gasteiger partial charge in [0, 0.05) is 11.7 Å². The minimum absolute atomic E-state index is 0.00844. The van der Waals surface area contributed by atoms with Crippen LogP contribution >= 0.6 is 0 Å². The van der Waals surface area contributed by atoms with Crippen molar-refractivity contribution in [1.82, 2.24) is 14.4 Å². The van der Waals surface area contributed by atoms with Crippen molar-refractivity contribution in [2.75, 3.05) is 0 Å². The molecule has 0 aromatic carbocycles. The molecule has 0 aliphatic carbocycles. The van der Waals surface area contributed by atoms with Crippen LogP contribution in [0.4, 0.5) is 0 Å². The minimum Gasteiger partial charge on any atom is -0.477 e. The van der Waals surface area contributed by atoms with Crippen molar-refractivity contribution in [3.63, 3.8) is 0 Å². The molecular weight excluding hydrogens is 230 g/mol. The van der Waals surface area contributed by atoms with Crippen molar-refractivity contribution in [3.05, 3.63) is 54.6 Å². The van der Waals surface area contributed by atoms with Gasteiger partial charge in [-0.05, 0) is 30.3 Å². The molecule has 0 bridgehead atoms. The smallest absolute Gasteiger partial charge is 0.354 e. The third-order valence-electron chi connectivity index (χ3n) is 2.71. The van der Waals surface area contributed by atoms with Gasteiger partial charge in [0.1, 0.15) is 6.33 Å². The van der Waals surface area contributed by atoms with Crippen LogP contribution in [-0.4, -0.2) is 25.4 Å². The lowest BCUT2D eigenvalue weighted by atomic mass is 10.2. The Bertz CT molecular complexity index is 734. The maximum atomic E-state index is 10.9. The Balaban J connectivity index is 2.20. The average Bonchev–Trinajstić information content (AvgIpc) is 2.82. The van der Waals surface area contributed by atoms with Gasteiger partial charge in [-0.2, -0.15) is 0 Å². The normalized spacial score (nSPS) is 10.7. The number of rotatable bonds is 2. The fourth-order valence-electron chi connectivity index (χ4n) is 1.88. The topological polar surface area (TPSA) is 67.5 Å². The first-order chi connectivity index (χ1) is 8.75. The zero-order chi connectivity index (χ0) is 12.5. The molecule has 0 aliphatic heterocycles. The van der Waals surface area contributed by atoms with Crippen LogP contribution in [-0.2, 0) is 0 Å². The highest BCUT2D eigenvalue weighted by atomic mass is 16.4. The van der Waals surface area contributed by atoms with Crippen molar-refractivity contribution in [1.29, 1.82) is 0 Å². The molecule has 0 spiro atoms. The number of carbonyl (C=O) groups is 1. The second kappa shape index (κ2) is 3.96. The zero-order valence-electron chi connectivity index (χ0n) is 9.32. The number of carboxylic acid groups (broad SMARTS) is 1. The third kappa shape index (κ3) is 1.62. The minimum atomic E-state index is -1.06. The van der Waals surface area contributed by atoms with Crippen LogP contribution in [0.2, 0.25) is 0 Å². The number of aromatic nitrogens is 3. The molecule has 0 aliphatic rings. The summed E-state index contributed by atoms with van der Waals surface area (Å²) in [5.74, 6) is -1.06. The molecule has 1 N–H and O–H groups in total. The summed E-state index contributed by atoms with van der Waals surface area (Å²) >= 11 is 0. The van der Waals surface area contributed by atoms with Crippen molar-refractivity contribution < 1.29 is 9.90 Å². The van der Waals surface area contributed by atoms with E-state index < -0.39 is 5.97 Å². The summed E-state index contributed by atoms with van der Waals surface area (Å²) in [7, 11) is 0. The monoisotopic (exact) mass is 239 g/mol. The summed E-state index contributed by atoms with van der Waals surface area (Å²) in [4.78, 5) is 18.7. The largest absolute Gasteiger partial charge is 0.477 e. The Morgan fingerprint density at radius 3 is 2.89 bits per heavy atom. The van der Waals surface area contributed by atoms with Gasteiger partial charge in [0.15, 0.2) is 5.69 Å². The molecule has 3 rings (SSSR count). The van der Waals surface area contributed by atoms with Crippen molar-refractivity contribution >= 4 is 11.5 Å². The molecule has 0 fully saturated rings. The second-order valence-electron chi connectivity index (χ2n) is 3.81. The summed E-state index contributed by atoms with van der Waals surface area (Å²) in [6.45, 7) is 0. The Morgan fingerprint density at radius 1 is 1.17 bits per heavy atom. The Morgan fingerprint density at radius 2 is 2.06 bits per heavy atom.